The molecule has 0 unspecified atom stereocenters. The van der Waals surface area contributed by atoms with Gasteiger partial charge in [-0.05, 0) is 123 Å². The Morgan fingerprint density at radius 3 is 2.25 bits per heavy atom. The van der Waals surface area contributed by atoms with E-state index < -0.39 is 0 Å². The molecule has 1 amide bonds. The van der Waals surface area contributed by atoms with E-state index in [0.29, 0.717) is 62.0 Å². The molecule has 0 aliphatic carbocycles. The van der Waals surface area contributed by atoms with Crippen molar-refractivity contribution in [3.63, 3.8) is 0 Å². The molecule has 4 aromatic rings. The molecular formula is C44H54EuN8O4+3. The molecule has 5 heterocycles. The summed E-state index contributed by atoms with van der Waals surface area (Å²) in [6.45, 7) is 9.65. The molecule has 298 valence electrons. The molecule has 0 fully saturated rings. The van der Waals surface area contributed by atoms with Crippen molar-refractivity contribution >= 4 is 50.3 Å². The van der Waals surface area contributed by atoms with Crippen molar-refractivity contribution in [2.24, 2.45) is 0 Å². The minimum Gasteiger partial charge on any atom is -0.494 e. The van der Waals surface area contributed by atoms with Crippen LogP contribution in [0.5, 0.6) is 5.75 Å². The molecule has 2 aliphatic heterocycles. The van der Waals surface area contributed by atoms with Crippen LogP contribution in [0.15, 0.2) is 55.1 Å². The molecular weight excluding hydrogens is 856 g/mol. The first-order valence-electron chi connectivity index (χ1n) is 19.9. The summed E-state index contributed by atoms with van der Waals surface area (Å²) in [5.74, 6) is 1.44. The molecule has 0 radical (unpaired) electrons. The molecule has 0 spiro atoms. The monoisotopic (exact) mass is 911 g/mol. The second-order valence-electron chi connectivity index (χ2n) is 14.1. The number of ether oxygens (including phenoxy) is 1. The third kappa shape index (κ3) is 11.2. The standard InChI is InChI=1S/C44H54N8O4.Eu/c1-5-31-32(6-2)37-25-39-34(12-9-21-54)29(4)42(52-39)27-49-40-23-30(56-22-10-13-44(55)47-17-16-43-45-18-19-46-43)14-15-35(40)48-26-41-28(3)33(11-7-8-20-53)38(51-41)24-36(31)50-37;/h14-15,18-19,23-27,51,53-54H,5-13,16-17,20-22H2,1-4H3,(H,45,46)(H,47,55);/q;+3. The predicted octanol–water partition coefficient (Wildman–Crippen LogP) is 7.64. The van der Waals surface area contributed by atoms with E-state index in [2.05, 4.69) is 60.1 Å². The van der Waals surface area contributed by atoms with E-state index >= 15 is 0 Å². The van der Waals surface area contributed by atoms with Gasteiger partial charge in [0.25, 0.3) is 0 Å². The molecule has 5 N–H and O–H groups in total. The fourth-order valence-corrected chi connectivity index (χ4v) is 7.32. The number of aromatic amines is 2. The number of aliphatic hydroxyl groups is 2. The average Bonchev–Trinajstić information content (AvgIpc) is 3.97. The van der Waals surface area contributed by atoms with Crippen LogP contribution >= 0.6 is 0 Å². The van der Waals surface area contributed by atoms with Gasteiger partial charge in [0.1, 0.15) is 11.6 Å². The third-order valence-electron chi connectivity index (χ3n) is 10.4. The van der Waals surface area contributed by atoms with Crippen LogP contribution in [0.25, 0.3) is 44.4 Å². The summed E-state index contributed by atoms with van der Waals surface area (Å²) >= 11 is 0. The van der Waals surface area contributed by atoms with Crippen molar-refractivity contribution in [2.75, 3.05) is 26.4 Å². The summed E-state index contributed by atoms with van der Waals surface area (Å²) in [4.78, 5) is 43.5. The van der Waals surface area contributed by atoms with Gasteiger partial charge in [-0.2, -0.15) is 0 Å². The van der Waals surface area contributed by atoms with E-state index in [1.807, 2.05) is 24.4 Å². The summed E-state index contributed by atoms with van der Waals surface area (Å²) in [5, 5.41) is 22.3. The number of H-pyrrole nitrogens is 2. The number of unbranched alkanes of at least 4 members (excludes halogenated alkanes) is 1. The number of aromatic nitrogens is 7. The number of aryl methyl sites for hydroxylation is 2. The molecule has 0 saturated carbocycles. The van der Waals surface area contributed by atoms with Crippen molar-refractivity contribution < 1.29 is 69.1 Å². The molecule has 6 bridgehead atoms. The molecule has 12 nitrogen and oxygen atoms in total. The van der Waals surface area contributed by atoms with E-state index in [4.69, 9.17) is 24.7 Å². The van der Waals surface area contributed by atoms with Crippen LogP contribution in [-0.4, -0.2) is 77.4 Å². The van der Waals surface area contributed by atoms with Crippen LogP contribution in [0.3, 0.4) is 0 Å². The van der Waals surface area contributed by atoms with Gasteiger partial charge in [0.05, 0.1) is 58.3 Å². The second-order valence-corrected chi connectivity index (χ2v) is 14.1. The van der Waals surface area contributed by atoms with E-state index in [0.717, 1.165) is 88.4 Å². The molecule has 1 aromatic carbocycles. The average molecular weight is 911 g/mol. The van der Waals surface area contributed by atoms with Crippen LogP contribution < -0.4 is 10.1 Å². The number of hydrogen-bond donors (Lipinski definition) is 5. The Hall–Kier alpha value is -3.88. The number of hydrogen-bond acceptors (Lipinski definition) is 9. The van der Waals surface area contributed by atoms with E-state index in [-0.39, 0.29) is 68.5 Å². The quantitative estimate of drug-likeness (QED) is 0.0668. The molecule has 3 aromatic heterocycles. The van der Waals surface area contributed by atoms with Crippen molar-refractivity contribution in [3.05, 3.63) is 94.8 Å². The maximum Gasteiger partial charge on any atom is 3.00 e. The summed E-state index contributed by atoms with van der Waals surface area (Å²) in [6.07, 6.45) is 14.0. The Bertz CT molecular complexity index is 2280. The summed E-state index contributed by atoms with van der Waals surface area (Å²) in [6, 6.07) is 9.91. The van der Waals surface area contributed by atoms with Gasteiger partial charge in [0.2, 0.25) is 5.91 Å². The van der Waals surface area contributed by atoms with Gasteiger partial charge in [0.15, 0.2) is 0 Å². The van der Waals surface area contributed by atoms with Crippen molar-refractivity contribution in [1.82, 2.24) is 40.2 Å². The molecule has 6 rings (SSSR count). The number of allylic oxidation sites excluding steroid dienone is 4. The number of nitrogens with zero attached hydrogens (tertiary/aromatic N) is 5. The van der Waals surface area contributed by atoms with Gasteiger partial charge in [-0.3, -0.25) is 14.8 Å². The van der Waals surface area contributed by atoms with Gasteiger partial charge in [0, 0.05) is 56.6 Å². The van der Waals surface area contributed by atoms with Gasteiger partial charge in [-0.25, -0.2) is 15.0 Å². The first kappa shape index (κ1) is 44.2. The fourth-order valence-electron chi connectivity index (χ4n) is 7.32. The van der Waals surface area contributed by atoms with Crippen LogP contribution in [0, 0.1) is 56.3 Å². The number of imidazole rings is 1. The minimum atomic E-state index is -0.0267. The van der Waals surface area contributed by atoms with E-state index in [1.54, 1.807) is 18.6 Å². The van der Waals surface area contributed by atoms with Crippen LogP contribution in [0.2, 0.25) is 0 Å². The Balaban J connectivity index is 0.00000620. The molecule has 0 atom stereocenters. The Morgan fingerprint density at radius 1 is 0.772 bits per heavy atom. The zero-order valence-electron chi connectivity index (χ0n) is 33.4. The fraction of sp³-hybridized carbons (Fsp3) is 0.409. The molecule has 13 heteroatoms. The zero-order chi connectivity index (χ0) is 39.4. The topological polar surface area (TPSA) is 175 Å². The number of carbonyl (C=O) groups is 1. The number of rotatable bonds is 17. The first-order chi connectivity index (χ1) is 27.3. The molecule has 0 saturated heterocycles. The predicted molar refractivity (Wildman–Crippen MR) is 222 cm³/mol. The third-order valence-corrected chi connectivity index (χ3v) is 10.4. The van der Waals surface area contributed by atoms with Crippen molar-refractivity contribution in [2.45, 2.75) is 91.9 Å². The summed E-state index contributed by atoms with van der Waals surface area (Å²) in [5.41, 5.74) is 13.4. The van der Waals surface area contributed by atoms with Crippen molar-refractivity contribution in [3.8, 4) is 5.75 Å². The maximum atomic E-state index is 12.4. The minimum absolute atomic E-state index is 0. The van der Waals surface area contributed by atoms with Crippen LogP contribution in [0.4, 0.5) is 0 Å². The molecule has 57 heavy (non-hydrogen) atoms. The Labute approximate surface area is 375 Å². The van der Waals surface area contributed by atoms with Crippen molar-refractivity contribution in [1.29, 1.82) is 0 Å². The molecule has 2 aliphatic rings. The largest absolute Gasteiger partial charge is 3.00 e. The Kier molecular flexibility index (Phi) is 16.9. The van der Waals surface area contributed by atoms with Crippen LogP contribution in [-0.2, 0) is 17.6 Å². The zero-order valence-corrected chi connectivity index (χ0v) is 35.8. The van der Waals surface area contributed by atoms with E-state index in [1.165, 1.54) is 16.7 Å². The number of amides is 1. The van der Waals surface area contributed by atoms with Gasteiger partial charge < -0.3 is 30.2 Å². The number of carbonyl (C=O) groups excluding carboxylic acids is 1. The number of benzene rings is 1. The number of fused-ring (bicyclic) bond motifs is 7. The van der Waals surface area contributed by atoms with Crippen LogP contribution in [0.1, 0.15) is 112 Å². The number of aliphatic hydroxyl groups excluding tert-OH is 2. The summed E-state index contributed by atoms with van der Waals surface area (Å²) in [7, 11) is 0. The van der Waals surface area contributed by atoms with Gasteiger partial charge in [-0.15, -0.1) is 0 Å². The van der Waals surface area contributed by atoms with Gasteiger partial charge in [-0.1, -0.05) is 13.8 Å². The van der Waals surface area contributed by atoms with E-state index in [9.17, 15) is 15.0 Å². The first-order valence-corrected chi connectivity index (χ1v) is 19.9. The second kappa shape index (κ2) is 21.8. The van der Waals surface area contributed by atoms with Gasteiger partial charge >= 0.3 is 49.4 Å². The SMILES string of the molecule is CCC1=C(CC)c2cc3[nH]c(cnc4ccc(OCCCC(=O)NCCc5ncc[nH]5)cc4ncc4nc(cc1n2)C(CCCO)=C4C)c(C)c3CCCCO.[Eu+3]. The smallest absolute Gasteiger partial charge is 0.494 e. The normalized spacial score (nSPS) is 12.5. The number of nitrogens with one attached hydrogen (secondary N) is 3. The Morgan fingerprint density at radius 2 is 1.51 bits per heavy atom. The maximum absolute atomic E-state index is 12.4. The summed E-state index contributed by atoms with van der Waals surface area (Å²) < 4.78 is 6.11.